The minimum atomic E-state index is 0.187. The number of hydrogen-bond donors (Lipinski definition) is 0. The molecule has 0 aromatic carbocycles. The highest BCUT2D eigenvalue weighted by atomic mass is 16.5. The minimum absolute atomic E-state index is 0.187. The summed E-state index contributed by atoms with van der Waals surface area (Å²) >= 11 is 0. The Morgan fingerprint density at radius 1 is 1.43 bits per heavy atom. The lowest BCUT2D eigenvalue weighted by Crippen LogP contribution is -2.39. The number of nitrogens with zero attached hydrogens (tertiary/aromatic N) is 1. The Labute approximate surface area is 86.4 Å². The third-order valence-corrected chi connectivity index (χ3v) is 2.55. The number of hydrogen-bond acceptors (Lipinski definition) is 2. The van der Waals surface area contributed by atoms with Crippen LogP contribution in [0.3, 0.4) is 0 Å². The van der Waals surface area contributed by atoms with Gasteiger partial charge in [-0.05, 0) is 18.8 Å². The van der Waals surface area contributed by atoms with E-state index in [0.717, 1.165) is 32.5 Å². The van der Waals surface area contributed by atoms with Crippen LogP contribution in [0.1, 0.15) is 33.6 Å². The van der Waals surface area contributed by atoms with Crippen molar-refractivity contribution >= 4 is 5.91 Å². The van der Waals surface area contributed by atoms with E-state index < -0.39 is 0 Å². The molecule has 1 saturated heterocycles. The topological polar surface area (TPSA) is 29.5 Å². The van der Waals surface area contributed by atoms with Gasteiger partial charge in [-0.25, -0.2) is 0 Å². The van der Waals surface area contributed by atoms with E-state index in [1.54, 1.807) is 6.92 Å². The Morgan fingerprint density at radius 3 is 2.43 bits per heavy atom. The molecular weight excluding hydrogens is 178 g/mol. The molecule has 0 unspecified atom stereocenters. The van der Waals surface area contributed by atoms with Crippen molar-refractivity contribution in [1.82, 2.24) is 4.90 Å². The van der Waals surface area contributed by atoms with Crippen LogP contribution in [0.5, 0.6) is 0 Å². The molecule has 1 fully saturated rings. The SMILES string of the molecule is CC(=O)N1CCC(OCC(C)C)CC1. The summed E-state index contributed by atoms with van der Waals surface area (Å²) in [7, 11) is 0. The third-order valence-electron chi connectivity index (χ3n) is 2.55. The molecule has 1 aliphatic rings. The van der Waals surface area contributed by atoms with E-state index >= 15 is 0 Å². The van der Waals surface area contributed by atoms with Crippen LogP contribution >= 0.6 is 0 Å². The first kappa shape index (κ1) is 11.5. The van der Waals surface area contributed by atoms with Crippen LogP contribution in [0.2, 0.25) is 0 Å². The van der Waals surface area contributed by atoms with Gasteiger partial charge in [0.25, 0.3) is 0 Å². The third kappa shape index (κ3) is 3.66. The minimum Gasteiger partial charge on any atom is -0.378 e. The normalized spacial score (nSPS) is 19.0. The predicted molar refractivity (Wildman–Crippen MR) is 56.1 cm³/mol. The van der Waals surface area contributed by atoms with Crippen LogP contribution in [-0.4, -0.2) is 36.6 Å². The molecule has 1 heterocycles. The zero-order chi connectivity index (χ0) is 10.6. The van der Waals surface area contributed by atoms with Gasteiger partial charge in [-0.15, -0.1) is 0 Å². The molecule has 0 saturated carbocycles. The van der Waals surface area contributed by atoms with Gasteiger partial charge in [-0.2, -0.15) is 0 Å². The van der Waals surface area contributed by atoms with Crippen LogP contribution in [0.15, 0.2) is 0 Å². The first-order valence-electron chi connectivity index (χ1n) is 5.46. The van der Waals surface area contributed by atoms with Gasteiger partial charge < -0.3 is 9.64 Å². The molecular formula is C11H21NO2. The highest BCUT2D eigenvalue weighted by Gasteiger charge is 2.20. The Hall–Kier alpha value is -0.570. The number of ether oxygens (including phenoxy) is 1. The average molecular weight is 199 g/mol. The Balaban J connectivity index is 2.19. The molecule has 0 bridgehead atoms. The van der Waals surface area contributed by atoms with Gasteiger partial charge in [-0.1, -0.05) is 13.8 Å². The molecule has 1 aliphatic heterocycles. The summed E-state index contributed by atoms with van der Waals surface area (Å²) in [4.78, 5) is 13.0. The molecule has 0 atom stereocenters. The highest BCUT2D eigenvalue weighted by Crippen LogP contribution is 2.14. The molecule has 3 heteroatoms. The van der Waals surface area contributed by atoms with Gasteiger partial charge >= 0.3 is 0 Å². The fourth-order valence-corrected chi connectivity index (χ4v) is 1.67. The molecule has 0 aromatic heterocycles. The molecule has 3 nitrogen and oxygen atoms in total. The lowest BCUT2D eigenvalue weighted by Gasteiger charge is -2.31. The first-order valence-corrected chi connectivity index (χ1v) is 5.46. The second-order valence-corrected chi connectivity index (χ2v) is 4.43. The second-order valence-electron chi connectivity index (χ2n) is 4.43. The standard InChI is InChI=1S/C11H21NO2/c1-9(2)8-14-11-4-6-12(7-5-11)10(3)13/h9,11H,4-8H2,1-3H3. The van der Waals surface area contributed by atoms with Crippen LogP contribution in [0.4, 0.5) is 0 Å². The molecule has 82 valence electrons. The molecule has 0 radical (unpaired) electrons. The summed E-state index contributed by atoms with van der Waals surface area (Å²) in [5, 5.41) is 0. The summed E-state index contributed by atoms with van der Waals surface area (Å²) < 4.78 is 5.73. The van der Waals surface area contributed by atoms with Crippen molar-refractivity contribution in [3.8, 4) is 0 Å². The molecule has 0 aromatic rings. The molecule has 0 spiro atoms. The second kappa shape index (κ2) is 5.35. The van der Waals surface area contributed by atoms with Crippen molar-refractivity contribution in [3.05, 3.63) is 0 Å². The van der Waals surface area contributed by atoms with Gasteiger partial charge in [0, 0.05) is 26.6 Å². The largest absolute Gasteiger partial charge is 0.378 e. The van der Waals surface area contributed by atoms with Crippen LogP contribution in [-0.2, 0) is 9.53 Å². The summed E-state index contributed by atoms with van der Waals surface area (Å²) in [6, 6.07) is 0. The van der Waals surface area contributed by atoms with Gasteiger partial charge in [0.1, 0.15) is 0 Å². The fraction of sp³-hybridized carbons (Fsp3) is 0.909. The Kier molecular flexibility index (Phi) is 4.39. The number of carbonyl (C=O) groups is 1. The monoisotopic (exact) mass is 199 g/mol. The highest BCUT2D eigenvalue weighted by molar-refractivity contribution is 5.73. The van der Waals surface area contributed by atoms with Crippen molar-refractivity contribution in [1.29, 1.82) is 0 Å². The lowest BCUT2D eigenvalue weighted by atomic mass is 10.1. The van der Waals surface area contributed by atoms with Crippen molar-refractivity contribution in [2.24, 2.45) is 5.92 Å². The van der Waals surface area contributed by atoms with Crippen molar-refractivity contribution in [2.45, 2.75) is 39.7 Å². The quantitative estimate of drug-likeness (QED) is 0.692. The lowest BCUT2D eigenvalue weighted by molar-refractivity contribution is -0.131. The van der Waals surface area contributed by atoms with E-state index in [1.807, 2.05) is 4.90 Å². The fourth-order valence-electron chi connectivity index (χ4n) is 1.67. The van der Waals surface area contributed by atoms with Crippen LogP contribution in [0.25, 0.3) is 0 Å². The summed E-state index contributed by atoms with van der Waals surface area (Å²) in [6.45, 7) is 8.51. The molecule has 1 amide bonds. The van der Waals surface area contributed by atoms with Gasteiger partial charge in [0.15, 0.2) is 0 Å². The zero-order valence-corrected chi connectivity index (χ0v) is 9.45. The van der Waals surface area contributed by atoms with E-state index in [2.05, 4.69) is 13.8 Å². The van der Waals surface area contributed by atoms with Crippen LogP contribution < -0.4 is 0 Å². The zero-order valence-electron chi connectivity index (χ0n) is 9.45. The maximum Gasteiger partial charge on any atom is 0.219 e. The van der Waals surface area contributed by atoms with E-state index in [1.165, 1.54) is 0 Å². The number of amides is 1. The summed E-state index contributed by atoms with van der Waals surface area (Å²) in [5.74, 6) is 0.785. The maximum atomic E-state index is 11.1. The maximum absolute atomic E-state index is 11.1. The van der Waals surface area contributed by atoms with E-state index in [-0.39, 0.29) is 5.91 Å². The van der Waals surface area contributed by atoms with Crippen molar-refractivity contribution in [3.63, 3.8) is 0 Å². The van der Waals surface area contributed by atoms with E-state index in [4.69, 9.17) is 4.74 Å². The van der Waals surface area contributed by atoms with Gasteiger partial charge in [0.2, 0.25) is 5.91 Å². The number of likely N-dealkylation sites (tertiary alicyclic amines) is 1. The van der Waals surface area contributed by atoms with Crippen molar-refractivity contribution in [2.75, 3.05) is 19.7 Å². The van der Waals surface area contributed by atoms with Crippen LogP contribution in [0, 0.1) is 5.92 Å². The van der Waals surface area contributed by atoms with Crippen molar-refractivity contribution < 1.29 is 9.53 Å². The molecule has 1 rings (SSSR count). The Bertz CT molecular complexity index is 184. The first-order chi connectivity index (χ1) is 6.59. The average Bonchev–Trinajstić information content (AvgIpc) is 2.15. The summed E-state index contributed by atoms with van der Waals surface area (Å²) in [6.07, 6.45) is 2.35. The van der Waals surface area contributed by atoms with E-state index in [9.17, 15) is 4.79 Å². The molecule has 14 heavy (non-hydrogen) atoms. The summed E-state index contributed by atoms with van der Waals surface area (Å²) in [5.41, 5.74) is 0. The molecule has 0 N–H and O–H groups in total. The number of piperidine rings is 1. The molecule has 0 aliphatic carbocycles. The predicted octanol–water partition coefficient (Wildman–Crippen LogP) is 1.67. The van der Waals surface area contributed by atoms with Gasteiger partial charge in [-0.3, -0.25) is 4.79 Å². The smallest absolute Gasteiger partial charge is 0.219 e. The number of rotatable bonds is 3. The Morgan fingerprint density at radius 2 is 2.00 bits per heavy atom. The number of carbonyl (C=O) groups excluding carboxylic acids is 1. The van der Waals surface area contributed by atoms with Gasteiger partial charge in [0.05, 0.1) is 6.10 Å². The van der Waals surface area contributed by atoms with E-state index in [0.29, 0.717) is 12.0 Å².